The second-order valence-corrected chi connectivity index (χ2v) is 8.95. The lowest BCUT2D eigenvalue weighted by atomic mass is 9.66. The van der Waals surface area contributed by atoms with Crippen molar-refractivity contribution in [2.75, 3.05) is 27.4 Å². The minimum absolute atomic E-state index is 0.0352. The molecular weight excluding hydrogens is 374 g/mol. The van der Waals surface area contributed by atoms with Gasteiger partial charge in [0.15, 0.2) is 11.5 Å². The van der Waals surface area contributed by atoms with Crippen molar-refractivity contribution in [3.05, 3.63) is 59.2 Å². The summed E-state index contributed by atoms with van der Waals surface area (Å²) < 4.78 is 17.0. The van der Waals surface area contributed by atoms with E-state index in [9.17, 15) is 0 Å². The van der Waals surface area contributed by atoms with Crippen molar-refractivity contribution in [2.45, 2.75) is 64.0 Å². The van der Waals surface area contributed by atoms with Gasteiger partial charge >= 0.3 is 0 Å². The van der Waals surface area contributed by atoms with Crippen molar-refractivity contribution < 1.29 is 19.5 Å². The Morgan fingerprint density at radius 1 is 1.03 bits per heavy atom. The molecule has 2 aromatic carbocycles. The van der Waals surface area contributed by atoms with Crippen LogP contribution < -0.4 is 14.8 Å². The summed E-state index contributed by atoms with van der Waals surface area (Å²) in [6, 6.07) is 15.4. The number of rotatable bonds is 9. The lowest BCUT2D eigenvalue weighted by molar-refractivity contribution is -0.672. The highest BCUT2D eigenvalue weighted by Crippen LogP contribution is 2.45. The lowest BCUT2D eigenvalue weighted by Crippen LogP contribution is -2.83. The molecule has 0 unspecified atom stereocenters. The zero-order valence-electron chi connectivity index (χ0n) is 19.3. The van der Waals surface area contributed by atoms with Crippen molar-refractivity contribution in [2.24, 2.45) is 0 Å². The number of methoxy groups -OCH3 is 2. The van der Waals surface area contributed by atoms with Crippen LogP contribution in [0.15, 0.2) is 42.5 Å². The summed E-state index contributed by atoms with van der Waals surface area (Å²) in [7, 11) is 3.36. The van der Waals surface area contributed by atoms with Gasteiger partial charge in [0.1, 0.15) is 6.54 Å². The van der Waals surface area contributed by atoms with E-state index in [1.807, 2.05) is 6.07 Å². The first-order valence-electron chi connectivity index (χ1n) is 11.2. The average Bonchev–Trinajstić information content (AvgIpc) is 2.77. The Kier molecular flexibility index (Phi) is 7.43. The SMILES string of the molecule is CC[C@]1(C)C[C@](CC[NH2+]Cc2ccc(OC)c(OC)c2)(c2ccc(C)cc2)CCO1. The maximum absolute atomic E-state index is 6.20. The quantitative estimate of drug-likeness (QED) is 0.622. The summed E-state index contributed by atoms with van der Waals surface area (Å²) in [5, 5.41) is 2.41. The third kappa shape index (κ3) is 5.16. The van der Waals surface area contributed by atoms with Crippen LogP contribution in [0.25, 0.3) is 0 Å². The van der Waals surface area contributed by atoms with E-state index < -0.39 is 0 Å². The predicted octanol–water partition coefficient (Wildman–Crippen LogP) is 4.38. The predicted molar refractivity (Wildman–Crippen MR) is 121 cm³/mol. The third-order valence-electron chi connectivity index (χ3n) is 6.81. The third-order valence-corrected chi connectivity index (χ3v) is 6.81. The van der Waals surface area contributed by atoms with Gasteiger partial charge in [0.2, 0.25) is 0 Å². The molecule has 4 heteroatoms. The molecule has 1 aliphatic heterocycles. The molecule has 0 radical (unpaired) electrons. The summed E-state index contributed by atoms with van der Waals surface area (Å²) >= 11 is 0. The summed E-state index contributed by atoms with van der Waals surface area (Å²) in [6.45, 7) is 9.55. The van der Waals surface area contributed by atoms with Gasteiger partial charge < -0.3 is 19.5 Å². The van der Waals surface area contributed by atoms with Gasteiger partial charge in [-0.25, -0.2) is 0 Å². The Balaban J connectivity index is 1.69. The van der Waals surface area contributed by atoms with E-state index in [2.05, 4.69) is 62.5 Å². The topological polar surface area (TPSA) is 44.3 Å². The molecule has 0 spiro atoms. The van der Waals surface area contributed by atoms with Gasteiger partial charge in [-0.15, -0.1) is 0 Å². The minimum Gasteiger partial charge on any atom is -0.493 e. The number of benzene rings is 2. The van der Waals surface area contributed by atoms with Gasteiger partial charge in [-0.1, -0.05) is 36.8 Å². The van der Waals surface area contributed by atoms with Crippen LogP contribution in [0.5, 0.6) is 11.5 Å². The van der Waals surface area contributed by atoms with Gasteiger partial charge in [-0.3, -0.25) is 0 Å². The highest BCUT2D eigenvalue weighted by molar-refractivity contribution is 5.42. The van der Waals surface area contributed by atoms with Gasteiger partial charge in [0, 0.05) is 24.0 Å². The van der Waals surface area contributed by atoms with Crippen LogP contribution in [0.2, 0.25) is 0 Å². The molecule has 30 heavy (non-hydrogen) atoms. The van der Waals surface area contributed by atoms with Crippen LogP contribution in [-0.4, -0.2) is 33.0 Å². The van der Waals surface area contributed by atoms with E-state index >= 15 is 0 Å². The average molecular weight is 413 g/mol. The van der Waals surface area contributed by atoms with Crippen LogP contribution in [-0.2, 0) is 16.7 Å². The van der Waals surface area contributed by atoms with E-state index in [4.69, 9.17) is 14.2 Å². The van der Waals surface area contributed by atoms with Crippen LogP contribution in [0, 0.1) is 6.92 Å². The standard InChI is InChI=1S/C26H37NO3/c1-6-25(3)19-26(14-16-30-25,22-10-7-20(2)8-11-22)13-15-27-18-21-9-12-23(28-4)24(17-21)29-5/h7-12,17,27H,6,13-16,18-19H2,1-5H3/p+1/t25-,26-/m1/s1. The van der Waals surface area contributed by atoms with E-state index in [0.717, 1.165) is 56.9 Å². The molecule has 1 aliphatic rings. The molecule has 1 saturated heterocycles. The molecule has 2 aromatic rings. The van der Waals surface area contributed by atoms with Crippen LogP contribution in [0.4, 0.5) is 0 Å². The first-order valence-corrected chi connectivity index (χ1v) is 11.2. The molecule has 0 saturated carbocycles. The normalized spacial score (nSPS) is 23.9. The van der Waals surface area contributed by atoms with Crippen molar-refractivity contribution >= 4 is 0 Å². The molecule has 2 N–H and O–H groups in total. The maximum atomic E-state index is 6.20. The summed E-state index contributed by atoms with van der Waals surface area (Å²) in [5.74, 6) is 1.57. The Labute approximate surface area is 181 Å². The van der Waals surface area contributed by atoms with Gasteiger partial charge in [-0.2, -0.15) is 0 Å². The zero-order valence-corrected chi connectivity index (χ0v) is 19.3. The molecular formula is C26H38NO3+. The lowest BCUT2D eigenvalue weighted by Gasteiger charge is -2.46. The van der Waals surface area contributed by atoms with E-state index in [0.29, 0.717) is 0 Å². The van der Waals surface area contributed by atoms with Crippen LogP contribution >= 0.6 is 0 Å². The number of hydrogen-bond acceptors (Lipinski definition) is 3. The summed E-state index contributed by atoms with van der Waals surface area (Å²) in [4.78, 5) is 0. The van der Waals surface area contributed by atoms with Gasteiger partial charge in [0.25, 0.3) is 0 Å². The number of nitrogens with two attached hydrogens (primary N) is 1. The Hall–Kier alpha value is -2.04. The molecule has 1 fully saturated rings. The van der Waals surface area contributed by atoms with E-state index in [-0.39, 0.29) is 11.0 Å². The summed E-state index contributed by atoms with van der Waals surface area (Å²) in [6.07, 6.45) is 4.39. The van der Waals surface area contributed by atoms with Crippen molar-refractivity contribution in [3.63, 3.8) is 0 Å². The molecule has 4 nitrogen and oxygen atoms in total. The van der Waals surface area contributed by atoms with Gasteiger partial charge in [0.05, 0.1) is 26.4 Å². The molecule has 0 aromatic heterocycles. The molecule has 1 heterocycles. The van der Waals surface area contributed by atoms with Crippen molar-refractivity contribution in [1.82, 2.24) is 0 Å². The monoisotopic (exact) mass is 412 g/mol. The molecule has 0 bridgehead atoms. The number of ether oxygens (including phenoxy) is 3. The van der Waals surface area contributed by atoms with E-state index in [1.54, 1.807) is 14.2 Å². The smallest absolute Gasteiger partial charge is 0.161 e. The Morgan fingerprint density at radius 3 is 2.43 bits per heavy atom. The number of quaternary nitrogens is 1. The fourth-order valence-corrected chi connectivity index (χ4v) is 4.74. The molecule has 0 amide bonds. The second-order valence-electron chi connectivity index (χ2n) is 8.95. The number of aryl methyl sites for hydroxylation is 1. The van der Waals surface area contributed by atoms with Gasteiger partial charge in [-0.05, 0) is 56.9 Å². The minimum atomic E-state index is -0.0352. The maximum Gasteiger partial charge on any atom is 0.161 e. The van der Waals surface area contributed by atoms with Crippen molar-refractivity contribution in [3.8, 4) is 11.5 Å². The number of hydrogen-bond donors (Lipinski definition) is 1. The van der Waals surface area contributed by atoms with Crippen LogP contribution in [0.1, 0.15) is 56.2 Å². The van der Waals surface area contributed by atoms with E-state index in [1.165, 1.54) is 16.7 Å². The Bertz CT molecular complexity index is 820. The molecule has 3 rings (SSSR count). The zero-order chi connectivity index (χ0) is 21.6. The molecule has 0 aliphatic carbocycles. The largest absolute Gasteiger partial charge is 0.493 e. The first kappa shape index (κ1) is 22.6. The Morgan fingerprint density at radius 2 is 1.77 bits per heavy atom. The first-order chi connectivity index (χ1) is 14.4. The summed E-state index contributed by atoms with van der Waals surface area (Å²) in [5.41, 5.74) is 4.19. The fourth-order valence-electron chi connectivity index (χ4n) is 4.74. The van der Waals surface area contributed by atoms with Crippen LogP contribution in [0.3, 0.4) is 0 Å². The highest BCUT2D eigenvalue weighted by atomic mass is 16.5. The molecule has 164 valence electrons. The molecule has 2 atom stereocenters. The fraction of sp³-hybridized carbons (Fsp3) is 0.538. The van der Waals surface area contributed by atoms with Crippen molar-refractivity contribution in [1.29, 1.82) is 0 Å². The second kappa shape index (κ2) is 9.84. The highest BCUT2D eigenvalue weighted by Gasteiger charge is 2.43.